The summed E-state index contributed by atoms with van der Waals surface area (Å²) in [6.45, 7) is 4.96. The van der Waals surface area contributed by atoms with Crippen LogP contribution in [-0.4, -0.2) is 11.5 Å². The molecule has 19 heavy (non-hydrogen) atoms. The Morgan fingerprint density at radius 1 is 1.26 bits per heavy atom. The summed E-state index contributed by atoms with van der Waals surface area (Å²) in [7, 11) is 0. The Bertz CT molecular complexity index is 417. The van der Waals surface area contributed by atoms with E-state index < -0.39 is 0 Å². The minimum atomic E-state index is -0.267. The number of nitro benzene ring substituents is 1. The number of unbranched alkanes of at least 4 members (excludes halogenated alkanes) is 1. The summed E-state index contributed by atoms with van der Waals surface area (Å²) < 4.78 is 0. The molecule has 0 aliphatic heterocycles. The number of nitrogens with zero attached hydrogens (tertiary/aromatic N) is 1. The third-order valence-electron chi connectivity index (χ3n) is 3.26. The quantitative estimate of drug-likeness (QED) is 0.444. The fourth-order valence-electron chi connectivity index (χ4n) is 2.06. The minimum absolute atomic E-state index is 0.262. The average Bonchev–Trinajstić information content (AvgIpc) is 2.37. The summed E-state index contributed by atoms with van der Waals surface area (Å²) in [6, 6.07) is 5.66. The van der Waals surface area contributed by atoms with Gasteiger partial charge in [-0.25, -0.2) is 0 Å². The van der Waals surface area contributed by atoms with Crippen molar-refractivity contribution in [2.24, 2.45) is 11.7 Å². The molecule has 1 aromatic carbocycles. The highest BCUT2D eigenvalue weighted by Crippen LogP contribution is 2.23. The fourth-order valence-corrected chi connectivity index (χ4v) is 2.06. The van der Waals surface area contributed by atoms with Gasteiger partial charge in [-0.15, -0.1) is 0 Å². The second kappa shape index (κ2) is 7.89. The van der Waals surface area contributed by atoms with E-state index in [9.17, 15) is 10.1 Å². The van der Waals surface area contributed by atoms with Gasteiger partial charge in [0.25, 0.3) is 5.69 Å². The fraction of sp³-hybridized carbons (Fsp3) is 0.600. The molecule has 0 aliphatic rings. The van der Waals surface area contributed by atoms with Crippen molar-refractivity contribution < 1.29 is 4.92 Å². The zero-order valence-corrected chi connectivity index (χ0v) is 11.9. The van der Waals surface area contributed by atoms with E-state index in [1.54, 1.807) is 6.07 Å². The van der Waals surface area contributed by atoms with E-state index in [1.807, 2.05) is 12.1 Å². The molecular formula is C15H24N2O2. The van der Waals surface area contributed by atoms with Crippen molar-refractivity contribution in [3.63, 3.8) is 0 Å². The molecule has 0 bridgehead atoms. The SMILES string of the molecule is CC(C)CCc1ccc(CCCCN)c([N+](=O)[O-])c1. The predicted molar refractivity (Wildman–Crippen MR) is 78.2 cm³/mol. The van der Waals surface area contributed by atoms with Gasteiger partial charge in [-0.3, -0.25) is 10.1 Å². The van der Waals surface area contributed by atoms with Crippen LogP contribution in [0.3, 0.4) is 0 Å². The third kappa shape index (κ3) is 5.39. The van der Waals surface area contributed by atoms with E-state index in [4.69, 9.17) is 5.73 Å². The summed E-state index contributed by atoms with van der Waals surface area (Å²) in [6.07, 6.45) is 4.51. The molecule has 2 N–H and O–H groups in total. The van der Waals surface area contributed by atoms with Crippen LogP contribution < -0.4 is 5.73 Å². The highest BCUT2D eigenvalue weighted by molar-refractivity contribution is 5.43. The number of aryl methyl sites for hydroxylation is 2. The Kier molecular flexibility index (Phi) is 6.50. The van der Waals surface area contributed by atoms with Crippen LogP contribution in [0.25, 0.3) is 0 Å². The average molecular weight is 264 g/mol. The first kappa shape index (κ1) is 15.6. The number of nitro groups is 1. The van der Waals surface area contributed by atoms with Crippen molar-refractivity contribution in [3.8, 4) is 0 Å². The van der Waals surface area contributed by atoms with Gasteiger partial charge in [0.15, 0.2) is 0 Å². The minimum Gasteiger partial charge on any atom is -0.330 e. The van der Waals surface area contributed by atoms with Gasteiger partial charge in [-0.1, -0.05) is 26.0 Å². The van der Waals surface area contributed by atoms with Crippen LogP contribution >= 0.6 is 0 Å². The Morgan fingerprint density at radius 2 is 2.00 bits per heavy atom. The number of nitrogens with two attached hydrogens (primary N) is 1. The van der Waals surface area contributed by atoms with Crippen molar-refractivity contribution >= 4 is 5.69 Å². The topological polar surface area (TPSA) is 69.2 Å². The third-order valence-corrected chi connectivity index (χ3v) is 3.26. The molecule has 0 amide bonds. The second-order valence-electron chi connectivity index (χ2n) is 5.40. The van der Waals surface area contributed by atoms with Gasteiger partial charge >= 0.3 is 0 Å². The zero-order chi connectivity index (χ0) is 14.3. The first-order valence-corrected chi connectivity index (χ1v) is 7.01. The maximum absolute atomic E-state index is 11.1. The normalized spacial score (nSPS) is 10.9. The molecule has 0 aliphatic carbocycles. The first-order chi connectivity index (χ1) is 9.04. The van der Waals surface area contributed by atoms with Gasteiger partial charge in [0.2, 0.25) is 0 Å². The molecule has 0 saturated carbocycles. The molecule has 1 aromatic rings. The van der Waals surface area contributed by atoms with Gasteiger partial charge in [0.1, 0.15) is 0 Å². The van der Waals surface area contributed by atoms with E-state index in [-0.39, 0.29) is 10.6 Å². The Hall–Kier alpha value is -1.42. The lowest BCUT2D eigenvalue weighted by molar-refractivity contribution is -0.385. The van der Waals surface area contributed by atoms with E-state index in [1.165, 1.54) is 0 Å². The summed E-state index contributed by atoms with van der Waals surface area (Å²) >= 11 is 0. The number of rotatable bonds is 8. The molecule has 106 valence electrons. The molecule has 0 aromatic heterocycles. The maximum Gasteiger partial charge on any atom is 0.272 e. The Morgan fingerprint density at radius 3 is 2.58 bits per heavy atom. The number of hydrogen-bond donors (Lipinski definition) is 1. The first-order valence-electron chi connectivity index (χ1n) is 7.01. The predicted octanol–water partition coefficient (Wildman–Crippen LogP) is 3.46. The molecule has 4 heteroatoms. The molecule has 0 saturated heterocycles. The van der Waals surface area contributed by atoms with Crippen LogP contribution in [0.5, 0.6) is 0 Å². The van der Waals surface area contributed by atoms with Crippen molar-refractivity contribution in [2.75, 3.05) is 6.54 Å². The Labute approximate surface area is 115 Å². The van der Waals surface area contributed by atoms with Crippen LogP contribution in [-0.2, 0) is 12.8 Å². The van der Waals surface area contributed by atoms with Crippen molar-refractivity contribution in [1.82, 2.24) is 0 Å². The highest BCUT2D eigenvalue weighted by Gasteiger charge is 2.14. The largest absolute Gasteiger partial charge is 0.330 e. The van der Waals surface area contributed by atoms with Gasteiger partial charge < -0.3 is 5.73 Å². The summed E-state index contributed by atoms with van der Waals surface area (Å²) in [5.74, 6) is 0.614. The van der Waals surface area contributed by atoms with E-state index in [0.717, 1.165) is 43.2 Å². The lowest BCUT2D eigenvalue weighted by Gasteiger charge is -2.07. The zero-order valence-electron chi connectivity index (χ0n) is 11.9. The molecule has 0 fully saturated rings. The molecule has 0 radical (unpaired) electrons. The van der Waals surface area contributed by atoms with Crippen LogP contribution in [0, 0.1) is 16.0 Å². The molecule has 0 spiro atoms. The monoisotopic (exact) mass is 264 g/mol. The standard InChI is InChI=1S/C15H24N2O2/c1-12(2)6-7-13-8-9-14(5-3-4-10-16)15(11-13)17(18)19/h8-9,11-12H,3-7,10,16H2,1-2H3. The van der Waals surface area contributed by atoms with Crippen LogP contribution in [0.15, 0.2) is 18.2 Å². The van der Waals surface area contributed by atoms with Crippen molar-refractivity contribution in [2.45, 2.75) is 46.0 Å². The summed E-state index contributed by atoms with van der Waals surface area (Å²) in [5, 5.41) is 11.1. The maximum atomic E-state index is 11.1. The van der Waals surface area contributed by atoms with E-state index in [2.05, 4.69) is 13.8 Å². The van der Waals surface area contributed by atoms with E-state index in [0.29, 0.717) is 12.5 Å². The van der Waals surface area contributed by atoms with Gasteiger partial charge in [-0.05, 0) is 50.1 Å². The molecule has 4 nitrogen and oxygen atoms in total. The molecule has 0 heterocycles. The Balaban J connectivity index is 2.79. The molecular weight excluding hydrogens is 240 g/mol. The number of hydrogen-bond acceptors (Lipinski definition) is 3. The van der Waals surface area contributed by atoms with Gasteiger partial charge in [-0.2, -0.15) is 0 Å². The van der Waals surface area contributed by atoms with Crippen molar-refractivity contribution in [3.05, 3.63) is 39.4 Å². The smallest absolute Gasteiger partial charge is 0.272 e. The number of benzene rings is 1. The van der Waals surface area contributed by atoms with Crippen LogP contribution in [0.1, 0.15) is 44.2 Å². The highest BCUT2D eigenvalue weighted by atomic mass is 16.6. The summed E-state index contributed by atoms with van der Waals surface area (Å²) in [4.78, 5) is 10.9. The van der Waals surface area contributed by atoms with Crippen molar-refractivity contribution in [1.29, 1.82) is 0 Å². The van der Waals surface area contributed by atoms with Gasteiger partial charge in [0, 0.05) is 11.6 Å². The lowest BCUT2D eigenvalue weighted by atomic mass is 9.99. The summed E-state index contributed by atoms with van der Waals surface area (Å²) in [5.41, 5.74) is 7.59. The van der Waals surface area contributed by atoms with Crippen LogP contribution in [0.2, 0.25) is 0 Å². The molecule has 1 rings (SSSR count). The molecule has 0 atom stereocenters. The molecule has 0 unspecified atom stereocenters. The van der Waals surface area contributed by atoms with E-state index >= 15 is 0 Å². The second-order valence-corrected chi connectivity index (χ2v) is 5.40. The lowest BCUT2D eigenvalue weighted by Crippen LogP contribution is -2.02. The van der Waals surface area contributed by atoms with Gasteiger partial charge in [0.05, 0.1) is 4.92 Å². The van der Waals surface area contributed by atoms with Crippen LogP contribution in [0.4, 0.5) is 5.69 Å².